The van der Waals surface area contributed by atoms with Gasteiger partial charge < -0.3 is 10.8 Å². The number of hydrogen-bond donors (Lipinski definition) is 2. The third-order valence-electron chi connectivity index (χ3n) is 3.87. The van der Waals surface area contributed by atoms with E-state index in [1.807, 2.05) is 24.3 Å². The van der Waals surface area contributed by atoms with Gasteiger partial charge in [0.15, 0.2) is 9.84 Å². The summed E-state index contributed by atoms with van der Waals surface area (Å²) in [6.45, 7) is 4.06. The summed E-state index contributed by atoms with van der Waals surface area (Å²) >= 11 is 0. The lowest BCUT2D eigenvalue weighted by atomic mass is 10.0. The number of aliphatic hydroxyl groups excluding tert-OH is 1. The van der Waals surface area contributed by atoms with Crippen LogP contribution in [0.15, 0.2) is 53.4 Å². The lowest BCUT2D eigenvalue weighted by molar-refractivity contribution is 0.147. The predicted molar refractivity (Wildman–Crippen MR) is 92.7 cm³/mol. The van der Waals surface area contributed by atoms with E-state index in [1.54, 1.807) is 38.1 Å². The van der Waals surface area contributed by atoms with Crippen molar-refractivity contribution in [2.24, 2.45) is 11.7 Å². The minimum atomic E-state index is -3.49. The number of nitrogens with two attached hydrogens (primary N) is 1. The highest BCUT2D eigenvalue weighted by atomic mass is 32.2. The molecule has 0 saturated carbocycles. The molecule has 4 nitrogen and oxygen atoms in total. The van der Waals surface area contributed by atoms with Crippen molar-refractivity contribution < 1.29 is 13.5 Å². The number of aliphatic hydroxyl groups is 1. The molecular formula is C18H23NO3S. The fourth-order valence-corrected chi connectivity index (χ4v) is 3.82. The van der Waals surface area contributed by atoms with Gasteiger partial charge in [0, 0.05) is 6.54 Å². The average molecular weight is 333 g/mol. The molecule has 2 aromatic carbocycles. The van der Waals surface area contributed by atoms with Gasteiger partial charge in [-0.25, -0.2) is 8.42 Å². The molecule has 3 N–H and O–H groups in total. The van der Waals surface area contributed by atoms with Crippen LogP contribution >= 0.6 is 0 Å². The lowest BCUT2D eigenvalue weighted by Crippen LogP contribution is -2.25. The Morgan fingerprint density at radius 1 is 1.04 bits per heavy atom. The van der Waals surface area contributed by atoms with Crippen molar-refractivity contribution in [3.63, 3.8) is 0 Å². The monoisotopic (exact) mass is 333 g/mol. The van der Waals surface area contributed by atoms with E-state index in [4.69, 9.17) is 5.73 Å². The van der Waals surface area contributed by atoms with Crippen molar-refractivity contribution in [1.82, 2.24) is 0 Å². The summed E-state index contributed by atoms with van der Waals surface area (Å²) in [5, 5.41) is 9.82. The Balaban J connectivity index is 2.25. The van der Waals surface area contributed by atoms with Gasteiger partial charge in [0.2, 0.25) is 0 Å². The molecule has 0 saturated heterocycles. The minimum absolute atomic E-state index is 0.0944. The molecule has 0 aliphatic heterocycles. The summed E-state index contributed by atoms with van der Waals surface area (Å²) in [6.07, 6.45) is -0.860. The van der Waals surface area contributed by atoms with Crippen LogP contribution in [0.25, 0.3) is 11.1 Å². The fourth-order valence-electron chi connectivity index (χ4n) is 2.25. The van der Waals surface area contributed by atoms with E-state index in [2.05, 4.69) is 0 Å². The number of hydrogen-bond acceptors (Lipinski definition) is 4. The highest BCUT2D eigenvalue weighted by Gasteiger charge is 2.21. The van der Waals surface area contributed by atoms with Crippen LogP contribution in [-0.4, -0.2) is 25.4 Å². The Hall–Kier alpha value is -1.69. The lowest BCUT2D eigenvalue weighted by Gasteiger charge is -2.14. The standard InChI is InChI=1S/C18H23NO3S/c1-13(2)18(20)12-23(21,22)17-8-6-15(7-9-17)16-5-3-4-14(10-16)11-19/h3-10,13,18,20H,11-12,19H2,1-2H3. The zero-order valence-corrected chi connectivity index (χ0v) is 14.3. The highest BCUT2D eigenvalue weighted by molar-refractivity contribution is 7.91. The molecule has 5 heteroatoms. The number of benzene rings is 2. The second-order valence-electron chi connectivity index (χ2n) is 6.02. The van der Waals surface area contributed by atoms with Gasteiger partial charge in [-0.2, -0.15) is 0 Å². The first-order valence-electron chi connectivity index (χ1n) is 7.64. The normalized spacial score (nSPS) is 13.3. The van der Waals surface area contributed by atoms with Crippen LogP contribution in [0.5, 0.6) is 0 Å². The maximum atomic E-state index is 12.3. The smallest absolute Gasteiger partial charge is 0.180 e. The molecule has 2 rings (SSSR count). The third-order valence-corrected chi connectivity index (χ3v) is 5.64. The molecule has 0 radical (unpaired) electrons. The minimum Gasteiger partial charge on any atom is -0.392 e. The molecule has 124 valence electrons. The summed E-state index contributed by atoms with van der Waals surface area (Å²) in [5.41, 5.74) is 8.61. The van der Waals surface area contributed by atoms with Gasteiger partial charge in [-0.3, -0.25) is 0 Å². The second kappa shape index (κ2) is 7.25. The van der Waals surface area contributed by atoms with Gasteiger partial charge in [-0.05, 0) is 40.8 Å². The Labute approximate surface area is 137 Å². The zero-order chi connectivity index (χ0) is 17.0. The van der Waals surface area contributed by atoms with E-state index in [9.17, 15) is 13.5 Å². The molecule has 0 amide bonds. The van der Waals surface area contributed by atoms with Crippen LogP contribution in [0.4, 0.5) is 0 Å². The van der Waals surface area contributed by atoms with E-state index in [1.165, 1.54) is 0 Å². The van der Waals surface area contributed by atoms with E-state index >= 15 is 0 Å². The van der Waals surface area contributed by atoms with Crippen LogP contribution in [-0.2, 0) is 16.4 Å². The zero-order valence-electron chi connectivity index (χ0n) is 13.4. The molecule has 0 heterocycles. The van der Waals surface area contributed by atoms with Crippen molar-refractivity contribution in [3.05, 3.63) is 54.1 Å². The first kappa shape index (κ1) is 17.7. The number of rotatable bonds is 6. The molecule has 23 heavy (non-hydrogen) atoms. The molecule has 0 aliphatic carbocycles. The molecule has 0 bridgehead atoms. The first-order chi connectivity index (χ1) is 10.8. The molecule has 0 spiro atoms. The van der Waals surface area contributed by atoms with E-state index < -0.39 is 15.9 Å². The van der Waals surface area contributed by atoms with Crippen LogP contribution in [0.3, 0.4) is 0 Å². The molecule has 0 aromatic heterocycles. The van der Waals surface area contributed by atoms with Crippen LogP contribution in [0.1, 0.15) is 19.4 Å². The van der Waals surface area contributed by atoms with E-state index in [0.29, 0.717) is 6.54 Å². The Bertz CT molecular complexity index is 752. The summed E-state index contributed by atoms with van der Waals surface area (Å²) < 4.78 is 24.6. The maximum Gasteiger partial charge on any atom is 0.180 e. The van der Waals surface area contributed by atoms with Gasteiger partial charge >= 0.3 is 0 Å². The Kier molecular flexibility index (Phi) is 5.57. The third kappa shape index (κ3) is 4.41. The summed E-state index contributed by atoms with van der Waals surface area (Å²) in [6, 6.07) is 14.6. The Morgan fingerprint density at radius 3 is 2.26 bits per heavy atom. The van der Waals surface area contributed by atoms with Gasteiger partial charge in [-0.15, -0.1) is 0 Å². The van der Waals surface area contributed by atoms with Crippen molar-refractivity contribution in [2.45, 2.75) is 31.4 Å². The summed E-state index contributed by atoms with van der Waals surface area (Å²) in [4.78, 5) is 0.232. The van der Waals surface area contributed by atoms with Gasteiger partial charge in [0.25, 0.3) is 0 Å². The van der Waals surface area contributed by atoms with Gasteiger partial charge in [0.05, 0.1) is 16.8 Å². The van der Waals surface area contributed by atoms with Crippen molar-refractivity contribution in [3.8, 4) is 11.1 Å². The molecule has 1 unspecified atom stereocenters. The molecular weight excluding hydrogens is 310 g/mol. The second-order valence-corrected chi connectivity index (χ2v) is 8.06. The summed E-state index contributed by atoms with van der Waals surface area (Å²) in [7, 11) is -3.49. The van der Waals surface area contributed by atoms with Gasteiger partial charge in [0.1, 0.15) is 0 Å². The fraction of sp³-hybridized carbons (Fsp3) is 0.333. The van der Waals surface area contributed by atoms with Crippen LogP contribution in [0, 0.1) is 5.92 Å². The van der Waals surface area contributed by atoms with Crippen molar-refractivity contribution >= 4 is 9.84 Å². The topological polar surface area (TPSA) is 80.4 Å². The van der Waals surface area contributed by atoms with Crippen LogP contribution < -0.4 is 5.73 Å². The van der Waals surface area contributed by atoms with E-state index in [0.717, 1.165) is 16.7 Å². The molecule has 0 aliphatic rings. The molecule has 0 fully saturated rings. The first-order valence-corrected chi connectivity index (χ1v) is 9.29. The number of sulfone groups is 1. The molecule has 1 atom stereocenters. The van der Waals surface area contributed by atoms with Crippen LogP contribution in [0.2, 0.25) is 0 Å². The van der Waals surface area contributed by atoms with Crippen molar-refractivity contribution in [1.29, 1.82) is 0 Å². The predicted octanol–water partition coefficient (Wildman–Crippen LogP) is 2.60. The van der Waals surface area contributed by atoms with E-state index in [-0.39, 0.29) is 16.6 Å². The largest absolute Gasteiger partial charge is 0.392 e. The maximum absolute atomic E-state index is 12.3. The van der Waals surface area contributed by atoms with Crippen molar-refractivity contribution in [2.75, 3.05) is 5.75 Å². The van der Waals surface area contributed by atoms with Gasteiger partial charge in [-0.1, -0.05) is 44.2 Å². The highest BCUT2D eigenvalue weighted by Crippen LogP contribution is 2.23. The molecule has 2 aromatic rings. The average Bonchev–Trinajstić information content (AvgIpc) is 2.54. The SMILES string of the molecule is CC(C)C(O)CS(=O)(=O)c1ccc(-c2cccc(CN)c2)cc1. The quantitative estimate of drug-likeness (QED) is 0.851. The Morgan fingerprint density at radius 2 is 1.70 bits per heavy atom. The summed E-state index contributed by atoms with van der Waals surface area (Å²) in [5.74, 6) is -0.352.